The van der Waals surface area contributed by atoms with Crippen molar-refractivity contribution in [3.63, 3.8) is 0 Å². The van der Waals surface area contributed by atoms with E-state index in [1.165, 1.54) is 0 Å². The van der Waals surface area contributed by atoms with Crippen LogP contribution in [0.15, 0.2) is 90.5 Å². The zero-order valence-electron chi connectivity index (χ0n) is 24.8. The minimum atomic E-state index is -1.41. The Kier molecular flexibility index (Phi) is 9.74. The molecule has 1 aliphatic rings. The van der Waals surface area contributed by atoms with Gasteiger partial charge in [0.15, 0.2) is 6.10 Å². The molecule has 0 bridgehead atoms. The Labute approximate surface area is 252 Å². The molecule has 0 spiro atoms. The average Bonchev–Trinajstić information content (AvgIpc) is 3.26. The van der Waals surface area contributed by atoms with Crippen LogP contribution in [0.4, 0.5) is 11.4 Å². The molecule has 4 aromatic rings. The Morgan fingerprint density at radius 3 is 2.30 bits per heavy atom. The fourth-order valence-corrected chi connectivity index (χ4v) is 5.39. The zero-order valence-corrected chi connectivity index (χ0v) is 24.8. The summed E-state index contributed by atoms with van der Waals surface area (Å²) in [6.45, 7) is 6.18. The Balaban J connectivity index is 1.57. The summed E-state index contributed by atoms with van der Waals surface area (Å²) in [5.74, 6) is -0.577. The number of unbranched alkanes of at least 4 members (excludes halogenated alkanes) is 2. The van der Waals surface area contributed by atoms with Crippen LogP contribution in [-0.2, 0) is 16.0 Å². The smallest absolute Gasteiger partial charge is 0.345 e. The normalized spacial score (nSPS) is 13.1. The molecule has 0 aliphatic heterocycles. The van der Waals surface area contributed by atoms with Gasteiger partial charge in [0.25, 0.3) is 5.91 Å². The summed E-state index contributed by atoms with van der Waals surface area (Å²) < 4.78 is 5.91. The van der Waals surface area contributed by atoms with Crippen molar-refractivity contribution in [2.75, 3.05) is 23.3 Å². The van der Waals surface area contributed by atoms with Gasteiger partial charge < -0.3 is 25.0 Å². The Hall–Kier alpha value is -4.62. The maximum Gasteiger partial charge on any atom is 0.345 e. The van der Waals surface area contributed by atoms with Crippen molar-refractivity contribution >= 4 is 40.2 Å². The van der Waals surface area contributed by atoms with Crippen LogP contribution in [0.2, 0.25) is 0 Å². The fourth-order valence-electron chi connectivity index (χ4n) is 5.39. The summed E-state index contributed by atoms with van der Waals surface area (Å²) in [5, 5.41) is 14.5. The standard InChI is InChI=1S/C36H39N3O4/c1-3-5-22-39(23-6-4-2)30-20-21-31(43-36(42)34(40)25-14-9-7-10-15-25)32-28-19-13-16-26(24-29(28)38-33(30)32)35(41)37-27-17-11-8-12-18-27/h7-18,20-21,24,34,38,40H,3-6,19,22-23H2,1-2H3,(H,37,41)/t34-/m1/s1. The van der Waals surface area contributed by atoms with E-state index < -0.39 is 12.1 Å². The molecule has 0 fully saturated rings. The lowest BCUT2D eigenvalue weighted by atomic mass is 10.0. The van der Waals surface area contributed by atoms with E-state index >= 15 is 0 Å². The van der Waals surface area contributed by atoms with Gasteiger partial charge >= 0.3 is 5.97 Å². The summed E-state index contributed by atoms with van der Waals surface area (Å²) >= 11 is 0. The number of aliphatic hydroxyl groups excluding tert-OH is 1. The molecule has 7 nitrogen and oxygen atoms in total. The number of benzene rings is 3. The number of fused-ring (bicyclic) bond motifs is 3. The first-order valence-electron chi connectivity index (χ1n) is 15.1. The Morgan fingerprint density at radius 1 is 0.953 bits per heavy atom. The third kappa shape index (κ3) is 6.89. The van der Waals surface area contributed by atoms with Crippen molar-refractivity contribution in [1.29, 1.82) is 0 Å². The van der Waals surface area contributed by atoms with Crippen molar-refractivity contribution < 1.29 is 19.4 Å². The fraction of sp³-hybridized carbons (Fsp3) is 0.278. The second-order valence-electron chi connectivity index (χ2n) is 10.8. The number of nitrogens with zero attached hydrogens (tertiary/aromatic N) is 1. The molecule has 3 N–H and O–H groups in total. The van der Waals surface area contributed by atoms with Crippen LogP contribution in [0.25, 0.3) is 17.0 Å². The van der Waals surface area contributed by atoms with E-state index in [1.807, 2.05) is 66.8 Å². The lowest BCUT2D eigenvalue weighted by Crippen LogP contribution is -2.26. The van der Waals surface area contributed by atoms with Crippen LogP contribution >= 0.6 is 0 Å². The van der Waals surface area contributed by atoms with Gasteiger partial charge in [0.1, 0.15) is 5.75 Å². The SMILES string of the molecule is CCCCN(CCCC)c1ccc(OC(=O)[C@H](O)c2ccccc2)c2c3c([nH]c12)C=C(C(=O)Nc1ccccc1)C=CC3. The third-order valence-corrected chi connectivity index (χ3v) is 7.70. The number of nitrogens with one attached hydrogen (secondary N) is 2. The molecule has 7 heteroatoms. The number of allylic oxidation sites excluding steroid dienone is 1. The van der Waals surface area contributed by atoms with E-state index in [-0.39, 0.29) is 5.91 Å². The van der Waals surface area contributed by atoms with E-state index in [0.29, 0.717) is 23.3 Å². The van der Waals surface area contributed by atoms with Crippen LogP contribution in [-0.4, -0.2) is 35.1 Å². The molecular formula is C36H39N3O4. The highest BCUT2D eigenvalue weighted by Crippen LogP contribution is 2.40. The number of ether oxygens (including phenoxy) is 1. The van der Waals surface area contributed by atoms with Crippen molar-refractivity contribution in [3.05, 3.63) is 107 Å². The highest BCUT2D eigenvalue weighted by atomic mass is 16.5. The number of rotatable bonds is 12. The second kappa shape index (κ2) is 14.0. The van der Waals surface area contributed by atoms with Crippen molar-refractivity contribution in [2.45, 2.75) is 52.1 Å². The van der Waals surface area contributed by atoms with E-state index in [9.17, 15) is 14.7 Å². The van der Waals surface area contributed by atoms with Crippen molar-refractivity contribution in [2.24, 2.45) is 0 Å². The van der Waals surface area contributed by atoms with Gasteiger partial charge in [-0.2, -0.15) is 0 Å². The van der Waals surface area contributed by atoms with Crippen LogP contribution in [0.1, 0.15) is 62.5 Å². The number of carbonyl (C=O) groups excluding carboxylic acids is 2. The number of hydrogen-bond acceptors (Lipinski definition) is 5. The molecule has 0 unspecified atom stereocenters. The number of aromatic nitrogens is 1. The monoisotopic (exact) mass is 577 g/mol. The van der Waals surface area contributed by atoms with Crippen LogP contribution in [0.5, 0.6) is 5.75 Å². The number of H-pyrrole nitrogens is 1. The number of esters is 1. The van der Waals surface area contributed by atoms with Gasteiger partial charge in [-0.25, -0.2) is 4.79 Å². The van der Waals surface area contributed by atoms with Gasteiger partial charge in [0.05, 0.1) is 11.2 Å². The van der Waals surface area contributed by atoms with Crippen LogP contribution < -0.4 is 15.0 Å². The van der Waals surface area contributed by atoms with Crippen LogP contribution in [0, 0.1) is 0 Å². The predicted octanol–water partition coefficient (Wildman–Crippen LogP) is 7.35. The maximum atomic E-state index is 13.2. The lowest BCUT2D eigenvalue weighted by Gasteiger charge is -2.26. The largest absolute Gasteiger partial charge is 0.424 e. The van der Waals surface area contributed by atoms with E-state index in [0.717, 1.165) is 72.3 Å². The zero-order chi connectivity index (χ0) is 30.2. The number of anilines is 2. The number of aromatic amines is 1. The van der Waals surface area contributed by atoms with Gasteiger partial charge in [-0.15, -0.1) is 0 Å². The molecule has 0 saturated heterocycles. The minimum absolute atomic E-state index is 0.209. The first kappa shape index (κ1) is 29.9. The molecule has 0 radical (unpaired) electrons. The molecule has 43 heavy (non-hydrogen) atoms. The summed E-state index contributed by atoms with van der Waals surface area (Å²) in [4.78, 5) is 32.4. The van der Waals surface area contributed by atoms with Gasteiger partial charge in [-0.05, 0) is 60.7 Å². The summed E-state index contributed by atoms with van der Waals surface area (Å²) in [5.41, 5.74) is 5.31. The second-order valence-corrected chi connectivity index (χ2v) is 10.8. The molecule has 1 heterocycles. The first-order chi connectivity index (χ1) is 21.0. The summed E-state index contributed by atoms with van der Waals surface area (Å²) in [7, 11) is 0. The predicted molar refractivity (Wildman–Crippen MR) is 173 cm³/mol. The molecule has 5 rings (SSSR count). The van der Waals surface area contributed by atoms with Gasteiger partial charge in [0.2, 0.25) is 0 Å². The average molecular weight is 578 g/mol. The lowest BCUT2D eigenvalue weighted by molar-refractivity contribution is -0.144. The molecule has 1 atom stereocenters. The summed E-state index contributed by atoms with van der Waals surface area (Å²) in [6, 6.07) is 22.0. The van der Waals surface area contributed by atoms with Crippen molar-refractivity contribution in [1.82, 2.24) is 4.98 Å². The molecule has 3 aromatic carbocycles. The number of hydrogen-bond donors (Lipinski definition) is 3. The minimum Gasteiger partial charge on any atom is -0.424 e. The Bertz CT molecular complexity index is 1610. The van der Waals surface area contributed by atoms with E-state index in [4.69, 9.17) is 4.74 Å². The molecular weight excluding hydrogens is 538 g/mol. The molecule has 222 valence electrons. The summed E-state index contributed by atoms with van der Waals surface area (Å²) in [6.07, 6.45) is 9.02. The van der Waals surface area contributed by atoms with Gasteiger partial charge in [0, 0.05) is 35.4 Å². The topological polar surface area (TPSA) is 94.7 Å². The highest BCUT2D eigenvalue weighted by molar-refractivity contribution is 6.10. The van der Waals surface area contributed by atoms with Gasteiger partial charge in [-0.3, -0.25) is 4.79 Å². The molecule has 0 saturated carbocycles. The maximum absolute atomic E-state index is 13.2. The molecule has 1 amide bonds. The first-order valence-corrected chi connectivity index (χ1v) is 15.1. The number of amides is 1. The Morgan fingerprint density at radius 2 is 1.63 bits per heavy atom. The molecule has 1 aliphatic carbocycles. The molecule has 1 aromatic heterocycles. The number of carbonyl (C=O) groups is 2. The van der Waals surface area contributed by atoms with E-state index in [2.05, 4.69) is 29.0 Å². The quantitative estimate of drug-likeness (QED) is 0.121. The van der Waals surface area contributed by atoms with Crippen LogP contribution in [0.3, 0.4) is 0 Å². The van der Waals surface area contributed by atoms with E-state index in [1.54, 1.807) is 24.3 Å². The highest BCUT2D eigenvalue weighted by Gasteiger charge is 2.25. The third-order valence-electron chi connectivity index (χ3n) is 7.70. The van der Waals surface area contributed by atoms with Crippen molar-refractivity contribution in [3.8, 4) is 5.75 Å². The number of para-hydroxylation sites is 1. The van der Waals surface area contributed by atoms with Gasteiger partial charge in [-0.1, -0.05) is 87.4 Å². The number of aliphatic hydroxyl groups is 1.